The molecular weight excluding hydrogens is 279 g/mol. The molecule has 2 atom stereocenters. The van der Waals surface area contributed by atoms with E-state index in [9.17, 15) is 13.2 Å². The zero-order chi connectivity index (χ0) is 14.4. The Labute approximate surface area is 114 Å². The number of halogens is 4. The van der Waals surface area contributed by atoms with Gasteiger partial charge in [-0.05, 0) is 12.5 Å². The summed E-state index contributed by atoms with van der Waals surface area (Å²) in [6, 6.07) is 1.00. The van der Waals surface area contributed by atoms with Crippen LogP contribution in [-0.2, 0) is 6.18 Å². The van der Waals surface area contributed by atoms with Gasteiger partial charge in [0.1, 0.15) is 5.82 Å². The van der Waals surface area contributed by atoms with E-state index < -0.39 is 11.7 Å². The number of nitrogens with zero attached hydrogens (tertiary/aromatic N) is 1. The molecule has 0 bridgehead atoms. The Kier molecular flexibility index (Phi) is 3.43. The molecule has 0 radical (unpaired) electrons. The minimum Gasteiger partial charge on any atom is -0.365 e. The van der Waals surface area contributed by atoms with Crippen molar-refractivity contribution in [3.05, 3.63) is 22.8 Å². The summed E-state index contributed by atoms with van der Waals surface area (Å²) in [5.74, 6) is 0.264. The van der Waals surface area contributed by atoms with Gasteiger partial charge in [-0.15, -0.1) is 0 Å². The van der Waals surface area contributed by atoms with Gasteiger partial charge in [-0.25, -0.2) is 4.98 Å². The largest absolute Gasteiger partial charge is 0.417 e. The first kappa shape index (κ1) is 14.4. The summed E-state index contributed by atoms with van der Waals surface area (Å²) < 4.78 is 37.4. The molecule has 0 aromatic carbocycles. The van der Waals surface area contributed by atoms with Gasteiger partial charge in [0.25, 0.3) is 0 Å². The van der Waals surface area contributed by atoms with E-state index in [0.29, 0.717) is 0 Å². The fraction of sp³-hybridized carbons (Fsp3) is 0.583. The van der Waals surface area contributed by atoms with Crippen molar-refractivity contribution in [1.82, 2.24) is 4.98 Å². The minimum atomic E-state index is -4.44. The van der Waals surface area contributed by atoms with Gasteiger partial charge in [0.05, 0.1) is 10.6 Å². The smallest absolute Gasteiger partial charge is 0.365 e. The van der Waals surface area contributed by atoms with Gasteiger partial charge >= 0.3 is 6.18 Å². The van der Waals surface area contributed by atoms with Gasteiger partial charge in [0.15, 0.2) is 0 Å². The van der Waals surface area contributed by atoms with Gasteiger partial charge < -0.3 is 11.1 Å². The molecule has 19 heavy (non-hydrogen) atoms. The quantitative estimate of drug-likeness (QED) is 0.880. The summed E-state index contributed by atoms with van der Waals surface area (Å²) in [4.78, 5) is 3.75. The molecule has 3 N–H and O–H groups in total. The van der Waals surface area contributed by atoms with Crippen molar-refractivity contribution in [3.8, 4) is 0 Å². The van der Waals surface area contributed by atoms with Crippen molar-refractivity contribution in [2.75, 3.05) is 5.32 Å². The summed E-state index contributed by atoms with van der Waals surface area (Å²) in [7, 11) is 0. The summed E-state index contributed by atoms with van der Waals surface area (Å²) >= 11 is 5.83. The number of hydrogen-bond donors (Lipinski definition) is 2. The number of nitrogens with two attached hydrogens (primary N) is 1. The number of anilines is 1. The van der Waals surface area contributed by atoms with Crippen LogP contribution in [0.4, 0.5) is 19.0 Å². The Morgan fingerprint density at radius 2 is 2.11 bits per heavy atom. The van der Waals surface area contributed by atoms with Crippen LogP contribution in [0.15, 0.2) is 12.3 Å². The van der Waals surface area contributed by atoms with Gasteiger partial charge in [-0.1, -0.05) is 25.4 Å². The highest BCUT2D eigenvalue weighted by Gasteiger charge is 2.46. The molecule has 0 aliphatic heterocycles. The predicted molar refractivity (Wildman–Crippen MR) is 68.0 cm³/mol. The molecule has 1 fully saturated rings. The van der Waals surface area contributed by atoms with Crippen LogP contribution in [-0.4, -0.2) is 17.1 Å². The average Bonchev–Trinajstić information content (AvgIpc) is 2.29. The second kappa shape index (κ2) is 4.52. The lowest BCUT2D eigenvalue weighted by Gasteiger charge is -2.50. The second-order valence-corrected chi connectivity index (χ2v) is 5.82. The SMILES string of the molecule is CC1(C)C(N)CC1Nc1ncc(C(F)(F)F)cc1Cl. The molecule has 1 aliphatic carbocycles. The number of rotatable bonds is 2. The second-order valence-electron chi connectivity index (χ2n) is 5.41. The topological polar surface area (TPSA) is 50.9 Å². The van der Waals surface area contributed by atoms with E-state index >= 15 is 0 Å². The molecular formula is C12H15ClF3N3. The Morgan fingerprint density at radius 3 is 2.53 bits per heavy atom. The third kappa shape index (κ3) is 2.65. The van der Waals surface area contributed by atoms with Crippen molar-refractivity contribution < 1.29 is 13.2 Å². The van der Waals surface area contributed by atoms with Gasteiger partial charge in [0.2, 0.25) is 0 Å². The molecule has 2 unspecified atom stereocenters. The van der Waals surface area contributed by atoms with Crippen LogP contribution in [0.25, 0.3) is 0 Å². The molecule has 7 heteroatoms. The standard InChI is InChI=1S/C12H15ClF3N3/c1-11(2)8(17)4-9(11)19-10-7(13)3-6(5-18-10)12(14,15)16/h3,5,8-9H,4,17H2,1-2H3,(H,18,19). The van der Waals surface area contributed by atoms with Crippen LogP contribution in [0, 0.1) is 5.41 Å². The number of nitrogens with one attached hydrogen (secondary N) is 1. The highest BCUT2D eigenvalue weighted by molar-refractivity contribution is 6.33. The fourth-order valence-electron chi connectivity index (χ4n) is 2.07. The molecule has 1 saturated carbocycles. The molecule has 0 saturated heterocycles. The zero-order valence-corrected chi connectivity index (χ0v) is 11.3. The lowest BCUT2D eigenvalue weighted by atomic mass is 9.63. The first-order valence-corrected chi connectivity index (χ1v) is 6.25. The molecule has 1 aromatic rings. The molecule has 1 aliphatic rings. The molecule has 3 nitrogen and oxygen atoms in total. The van der Waals surface area contributed by atoms with Crippen LogP contribution in [0.1, 0.15) is 25.8 Å². The molecule has 2 rings (SSSR count). The molecule has 0 amide bonds. The normalized spacial score (nSPS) is 25.8. The summed E-state index contributed by atoms with van der Waals surface area (Å²) in [5.41, 5.74) is 4.89. The molecule has 0 spiro atoms. The number of hydrogen-bond acceptors (Lipinski definition) is 3. The van der Waals surface area contributed by atoms with E-state index in [-0.39, 0.29) is 28.3 Å². The maximum absolute atomic E-state index is 12.5. The van der Waals surface area contributed by atoms with Gasteiger partial charge in [-0.2, -0.15) is 13.2 Å². The first-order valence-electron chi connectivity index (χ1n) is 5.87. The minimum absolute atomic E-state index is 0.0360. The van der Waals surface area contributed by atoms with E-state index in [0.717, 1.165) is 18.7 Å². The van der Waals surface area contributed by atoms with Gasteiger partial charge in [0, 0.05) is 23.7 Å². The maximum Gasteiger partial charge on any atom is 0.417 e. The summed E-state index contributed by atoms with van der Waals surface area (Å²) in [6.07, 6.45) is -2.92. The highest BCUT2D eigenvalue weighted by Crippen LogP contribution is 2.42. The van der Waals surface area contributed by atoms with Crippen LogP contribution >= 0.6 is 11.6 Å². The number of aromatic nitrogens is 1. The van der Waals surface area contributed by atoms with Crippen LogP contribution in [0.3, 0.4) is 0 Å². The third-order valence-corrected chi connectivity index (χ3v) is 4.11. The first-order chi connectivity index (χ1) is 8.62. The van der Waals surface area contributed by atoms with E-state index in [2.05, 4.69) is 10.3 Å². The maximum atomic E-state index is 12.5. The lowest BCUT2D eigenvalue weighted by Crippen LogP contribution is -2.61. The number of alkyl halides is 3. The van der Waals surface area contributed by atoms with Crippen molar-refractivity contribution >= 4 is 17.4 Å². The van der Waals surface area contributed by atoms with Crippen molar-refractivity contribution in [3.63, 3.8) is 0 Å². The van der Waals surface area contributed by atoms with E-state index in [1.54, 1.807) is 0 Å². The van der Waals surface area contributed by atoms with E-state index in [1.807, 2.05) is 13.8 Å². The van der Waals surface area contributed by atoms with Crippen molar-refractivity contribution in [2.24, 2.45) is 11.1 Å². The van der Waals surface area contributed by atoms with Crippen molar-refractivity contribution in [1.29, 1.82) is 0 Å². The Morgan fingerprint density at radius 1 is 1.47 bits per heavy atom. The summed E-state index contributed by atoms with van der Waals surface area (Å²) in [5, 5.41) is 3.02. The monoisotopic (exact) mass is 293 g/mol. The Bertz CT molecular complexity index is 488. The van der Waals surface area contributed by atoms with Crippen LogP contribution < -0.4 is 11.1 Å². The van der Waals surface area contributed by atoms with Crippen molar-refractivity contribution in [2.45, 2.75) is 38.5 Å². The molecule has 106 valence electrons. The molecule has 1 aromatic heterocycles. The third-order valence-electron chi connectivity index (χ3n) is 3.82. The fourth-order valence-corrected chi connectivity index (χ4v) is 2.29. The predicted octanol–water partition coefficient (Wildman–Crippen LogP) is 3.29. The highest BCUT2D eigenvalue weighted by atomic mass is 35.5. The van der Waals surface area contributed by atoms with E-state index in [1.165, 1.54) is 0 Å². The number of pyridine rings is 1. The Hall–Kier alpha value is -1.01. The average molecular weight is 294 g/mol. The Balaban J connectivity index is 2.15. The van der Waals surface area contributed by atoms with Crippen LogP contribution in [0.5, 0.6) is 0 Å². The van der Waals surface area contributed by atoms with E-state index in [4.69, 9.17) is 17.3 Å². The zero-order valence-electron chi connectivity index (χ0n) is 10.6. The lowest BCUT2D eigenvalue weighted by molar-refractivity contribution is -0.137. The van der Waals surface area contributed by atoms with Gasteiger partial charge in [-0.3, -0.25) is 0 Å². The molecule has 1 heterocycles. The van der Waals surface area contributed by atoms with Crippen LogP contribution in [0.2, 0.25) is 5.02 Å². The summed E-state index contributed by atoms with van der Waals surface area (Å²) in [6.45, 7) is 3.99.